The molecule has 2 aliphatic heterocycles. The monoisotopic (exact) mass is 542 g/mol. The van der Waals surface area contributed by atoms with E-state index in [1.807, 2.05) is 47.6 Å². The topological polar surface area (TPSA) is 112 Å². The first-order valence-corrected chi connectivity index (χ1v) is 13.1. The average molecular weight is 543 g/mol. The van der Waals surface area contributed by atoms with Crippen molar-refractivity contribution in [3.63, 3.8) is 0 Å². The highest BCUT2D eigenvalue weighted by Crippen LogP contribution is 2.45. The number of nitrogens with zero attached hydrogens (tertiary/aromatic N) is 3. The standard InChI is InChI=1S/C29H40N3O7/c1-28(2,3)38-25(34)21-18-19-12-11-13-20-22(24(33)26(35)37-8)30-14-17-32(21,23(19)20)16-10-9-15-31(7)27(36)39-29(4,5)6/h11-14,17,21H,9-10,15-16,18H2,1-8H3/q+1. The molecular weight excluding hydrogens is 502 g/mol. The summed E-state index contributed by atoms with van der Waals surface area (Å²) in [4.78, 5) is 56.9. The molecule has 3 rings (SSSR count). The fourth-order valence-electron chi connectivity index (χ4n) is 4.95. The van der Waals surface area contributed by atoms with Crippen molar-refractivity contribution in [3.8, 4) is 0 Å². The van der Waals surface area contributed by atoms with E-state index in [-0.39, 0.29) is 16.2 Å². The highest BCUT2D eigenvalue weighted by Gasteiger charge is 2.53. The van der Waals surface area contributed by atoms with Gasteiger partial charge in [-0.15, -0.1) is 0 Å². The van der Waals surface area contributed by atoms with Crippen molar-refractivity contribution in [2.45, 2.75) is 78.0 Å². The number of benzene rings is 1. The molecule has 0 saturated carbocycles. The number of methoxy groups -OCH3 is 1. The minimum atomic E-state index is -1.01. The van der Waals surface area contributed by atoms with E-state index in [1.54, 1.807) is 25.4 Å². The van der Waals surface area contributed by atoms with Crippen LogP contribution in [-0.2, 0) is 35.0 Å². The summed E-state index contributed by atoms with van der Waals surface area (Å²) in [6, 6.07) is 4.85. The lowest BCUT2D eigenvalue weighted by Gasteiger charge is -2.37. The summed E-state index contributed by atoms with van der Waals surface area (Å²) in [6.07, 6.45) is 4.58. The van der Waals surface area contributed by atoms with Crippen LogP contribution in [0, 0.1) is 0 Å². The molecule has 2 aliphatic rings. The van der Waals surface area contributed by atoms with Crippen molar-refractivity contribution in [1.82, 2.24) is 9.38 Å². The van der Waals surface area contributed by atoms with Crippen LogP contribution >= 0.6 is 0 Å². The van der Waals surface area contributed by atoms with E-state index in [0.717, 1.165) is 18.4 Å². The molecule has 0 aromatic heterocycles. The van der Waals surface area contributed by atoms with Gasteiger partial charge in [0.05, 0.1) is 25.4 Å². The zero-order valence-corrected chi connectivity index (χ0v) is 24.2. The molecule has 0 N–H and O–H groups in total. The van der Waals surface area contributed by atoms with Crippen LogP contribution in [0.25, 0.3) is 0 Å². The summed E-state index contributed by atoms with van der Waals surface area (Å²) in [5.74, 6) is -2.22. The van der Waals surface area contributed by atoms with E-state index in [1.165, 1.54) is 11.1 Å². The Hall–Kier alpha value is -3.53. The third-order valence-electron chi connectivity index (χ3n) is 6.54. The molecular formula is C29H40N3O7+. The first-order chi connectivity index (χ1) is 18.1. The molecule has 1 aromatic rings. The number of ether oxygens (including phenoxy) is 3. The molecule has 0 fully saturated rings. The Bertz CT molecular complexity index is 1210. The molecule has 0 spiro atoms. The molecule has 1 aromatic carbocycles. The van der Waals surface area contributed by atoms with Gasteiger partial charge in [-0.1, -0.05) is 12.1 Å². The number of aliphatic imine (C=N–C) groups is 1. The van der Waals surface area contributed by atoms with Crippen molar-refractivity contribution in [2.75, 3.05) is 27.2 Å². The highest BCUT2D eigenvalue weighted by atomic mass is 16.6. The maximum Gasteiger partial charge on any atom is 0.410 e. The van der Waals surface area contributed by atoms with Gasteiger partial charge in [-0.2, -0.15) is 0 Å². The van der Waals surface area contributed by atoms with E-state index in [9.17, 15) is 19.2 Å². The van der Waals surface area contributed by atoms with Gasteiger partial charge >= 0.3 is 18.0 Å². The van der Waals surface area contributed by atoms with Gasteiger partial charge in [-0.05, 0) is 60.5 Å². The van der Waals surface area contributed by atoms with Crippen molar-refractivity contribution in [2.24, 2.45) is 4.99 Å². The summed E-state index contributed by atoms with van der Waals surface area (Å²) in [7, 11) is 2.84. The second-order valence-electron chi connectivity index (χ2n) is 11.9. The Labute approximate surface area is 230 Å². The first-order valence-electron chi connectivity index (χ1n) is 13.1. The van der Waals surface area contributed by atoms with E-state index >= 15 is 0 Å². The van der Waals surface area contributed by atoms with Crippen LogP contribution in [0.1, 0.15) is 65.5 Å². The number of quaternary nitrogens is 1. The highest BCUT2D eigenvalue weighted by molar-refractivity contribution is 6.67. The van der Waals surface area contributed by atoms with Gasteiger partial charge in [0.1, 0.15) is 23.1 Å². The number of carbonyl (C=O) groups is 4. The molecule has 2 heterocycles. The number of Topliss-reactive ketones (excluding diaryl/α,β-unsaturated/α-hetero) is 1. The molecule has 212 valence electrons. The maximum atomic E-state index is 13.6. The Morgan fingerprint density at radius 1 is 1.03 bits per heavy atom. The zero-order chi connectivity index (χ0) is 29.2. The second kappa shape index (κ2) is 11.3. The molecule has 10 heteroatoms. The molecule has 2 unspecified atom stereocenters. The van der Waals surface area contributed by atoms with E-state index < -0.39 is 35.1 Å². The number of para-hydroxylation sites is 1. The van der Waals surface area contributed by atoms with Crippen molar-refractivity contribution >= 4 is 35.2 Å². The third kappa shape index (κ3) is 6.73. The van der Waals surface area contributed by atoms with E-state index in [0.29, 0.717) is 37.9 Å². The lowest BCUT2D eigenvalue weighted by molar-refractivity contribution is -0.159. The van der Waals surface area contributed by atoms with Gasteiger partial charge < -0.3 is 19.1 Å². The van der Waals surface area contributed by atoms with Gasteiger partial charge in [0, 0.05) is 25.6 Å². The number of amides is 1. The minimum absolute atomic E-state index is 0.0237. The molecule has 0 radical (unpaired) electrons. The predicted octanol–water partition coefficient (Wildman–Crippen LogP) is 3.92. The molecule has 0 bridgehead atoms. The number of carbonyl (C=O) groups excluding carboxylic acids is 4. The summed E-state index contributed by atoms with van der Waals surface area (Å²) >= 11 is 0. The van der Waals surface area contributed by atoms with Crippen LogP contribution in [0.5, 0.6) is 0 Å². The van der Waals surface area contributed by atoms with Gasteiger partial charge in [-0.3, -0.25) is 9.28 Å². The fraction of sp³-hybridized carbons (Fsp3) is 0.552. The van der Waals surface area contributed by atoms with Crippen LogP contribution in [0.4, 0.5) is 10.5 Å². The maximum absolute atomic E-state index is 13.6. The Morgan fingerprint density at radius 2 is 1.69 bits per heavy atom. The normalized spacial score (nSPS) is 19.9. The quantitative estimate of drug-likeness (QED) is 0.161. The Balaban J connectivity index is 1.95. The van der Waals surface area contributed by atoms with Crippen LogP contribution < -0.4 is 4.48 Å². The molecule has 2 atom stereocenters. The number of hydrogen-bond acceptors (Lipinski definition) is 8. The first kappa shape index (κ1) is 30.0. The number of ketones is 1. The number of esters is 2. The zero-order valence-electron chi connectivity index (χ0n) is 24.2. The third-order valence-corrected chi connectivity index (χ3v) is 6.54. The largest absolute Gasteiger partial charge is 0.463 e. The molecule has 10 nitrogen and oxygen atoms in total. The van der Waals surface area contributed by atoms with Crippen molar-refractivity contribution in [3.05, 3.63) is 41.7 Å². The Kier molecular flexibility index (Phi) is 8.69. The van der Waals surface area contributed by atoms with Gasteiger partial charge in [-0.25, -0.2) is 19.4 Å². The van der Waals surface area contributed by atoms with Crippen molar-refractivity contribution < 1.29 is 33.4 Å². The van der Waals surface area contributed by atoms with Crippen molar-refractivity contribution in [1.29, 1.82) is 0 Å². The summed E-state index contributed by atoms with van der Waals surface area (Å²) < 4.78 is 16.0. The van der Waals surface area contributed by atoms with Crippen LogP contribution in [0.2, 0.25) is 0 Å². The lowest BCUT2D eigenvalue weighted by atomic mass is 10.00. The van der Waals surface area contributed by atoms with Crippen LogP contribution in [0.15, 0.2) is 35.6 Å². The predicted molar refractivity (Wildman–Crippen MR) is 147 cm³/mol. The number of unbranched alkanes of at least 4 members (excludes halogenated alkanes) is 1. The molecule has 0 aliphatic carbocycles. The second-order valence-corrected chi connectivity index (χ2v) is 11.9. The summed E-state index contributed by atoms with van der Waals surface area (Å²) in [5, 5.41) is 0. The van der Waals surface area contributed by atoms with Gasteiger partial charge in [0.25, 0.3) is 5.78 Å². The molecule has 1 amide bonds. The molecule has 39 heavy (non-hydrogen) atoms. The number of rotatable bonds is 8. The van der Waals surface area contributed by atoms with Gasteiger partial charge in [0.15, 0.2) is 5.69 Å². The lowest BCUT2D eigenvalue weighted by Crippen LogP contribution is -2.56. The SMILES string of the molecule is COC(=O)C(=O)C1=NC=C[N+]2(CCCCN(C)C(=O)OC(C)(C)C)c3c(cccc31)CC2C(=O)OC(C)(C)C. The summed E-state index contributed by atoms with van der Waals surface area (Å²) in [5.41, 5.74) is 0.822. The molecule has 0 saturated heterocycles. The van der Waals surface area contributed by atoms with Gasteiger partial charge in [0.2, 0.25) is 6.04 Å². The van der Waals surface area contributed by atoms with Crippen LogP contribution in [-0.4, -0.2) is 78.9 Å². The smallest absolute Gasteiger partial charge is 0.410 e. The Morgan fingerprint density at radius 3 is 2.31 bits per heavy atom. The number of hydrogen-bond donors (Lipinski definition) is 0. The average Bonchev–Trinajstić information content (AvgIpc) is 3.06. The van der Waals surface area contributed by atoms with E-state index in [4.69, 9.17) is 9.47 Å². The van der Waals surface area contributed by atoms with E-state index in [2.05, 4.69) is 9.73 Å². The fourth-order valence-corrected chi connectivity index (χ4v) is 4.95. The van der Waals surface area contributed by atoms with Crippen LogP contribution in [0.3, 0.4) is 0 Å². The summed E-state index contributed by atoms with van der Waals surface area (Å²) in [6.45, 7) is 11.9. The minimum Gasteiger partial charge on any atom is -0.463 e.